The Morgan fingerprint density at radius 3 is 3.00 bits per heavy atom. The highest BCUT2D eigenvalue weighted by Crippen LogP contribution is 2.39. The van der Waals surface area contributed by atoms with Crippen LogP contribution in [0.3, 0.4) is 0 Å². The molecule has 122 valence electrons. The van der Waals surface area contributed by atoms with Gasteiger partial charge in [0.15, 0.2) is 0 Å². The van der Waals surface area contributed by atoms with Crippen LogP contribution in [-0.2, 0) is 17.6 Å². The molecule has 0 unspecified atom stereocenters. The first-order valence-corrected chi connectivity index (χ1v) is 8.56. The van der Waals surface area contributed by atoms with Gasteiger partial charge in [-0.2, -0.15) is 0 Å². The van der Waals surface area contributed by atoms with Gasteiger partial charge in [-0.05, 0) is 69.5 Å². The average Bonchev–Trinajstić information content (AvgIpc) is 2.73. The molecule has 0 bridgehead atoms. The molecule has 0 spiro atoms. The zero-order chi connectivity index (χ0) is 15.5. The summed E-state index contributed by atoms with van der Waals surface area (Å²) in [6, 6.07) is 2.28. The molecule has 1 N–H and O–H groups in total. The molecule has 1 atom stereocenters. The first-order valence-electron chi connectivity index (χ1n) is 8.56. The van der Waals surface area contributed by atoms with E-state index in [1.54, 1.807) is 0 Å². The molecule has 1 aromatic rings. The summed E-state index contributed by atoms with van der Waals surface area (Å²) in [6.07, 6.45) is 2.46. The van der Waals surface area contributed by atoms with Crippen molar-refractivity contribution in [3.63, 3.8) is 0 Å². The first kappa shape index (κ1) is 15.6. The van der Waals surface area contributed by atoms with Gasteiger partial charge in [-0.3, -0.25) is 0 Å². The quantitative estimate of drug-likeness (QED) is 0.925. The number of benzene rings is 1. The molecule has 1 aromatic carbocycles. The Morgan fingerprint density at radius 1 is 1.36 bits per heavy atom. The number of hydrogen-bond donors (Lipinski definition) is 1. The van der Waals surface area contributed by atoms with E-state index in [9.17, 15) is 0 Å². The molecule has 3 rings (SSSR count). The maximum Gasteiger partial charge on any atom is 0.143 e. The molecular formula is C18H28N2O2. The minimum Gasteiger partial charge on any atom is -0.490 e. The van der Waals surface area contributed by atoms with Crippen LogP contribution < -0.4 is 15.0 Å². The summed E-state index contributed by atoms with van der Waals surface area (Å²) in [7, 11) is 0. The number of anilines is 1. The molecule has 22 heavy (non-hydrogen) atoms. The first-order chi connectivity index (χ1) is 10.7. The SMILES string of the molecule is CCO[C@H](C)CN1CCOc2cc3c(c(C)c21)CCNCC3. The maximum absolute atomic E-state index is 5.98. The number of hydrogen-bond acceptors (Lipinski definition) is 4. The highest BCUT2D eigenvalue weighted by molar-refractivity contribution is 5.69. The molecule has 0 radical (unpaired) electrons. The Balaban J connectivity index is 1.93. The summed E-state index contributed by atoms with van der Waals surface area (Å²) in [6.45, 7) is 12.0. The molecule has 2 heterocycles. The molecular weight excluding hydrogens is 276 g/mol. The van der Waals surface area contributed by atoms with Crippen LogP contribution in [0.5, 0.6) is 5.75 Å². The van der Waals surface area contributed by atoms with Crippen molar-refractivity contribution in [3.8, 4) is 5.75 Å². The van der Waals surface area contributed by atoms with Crippen LogP contribution in [-0.4, -0.2) is 45.5 Å². The van der Waals surface area contributed by atoms with E-state index < -0.39 is 0 Å². The van der Waals surface area contributed by atoms with E-state index in [0.717, 1.165) is 58.0 Å². The molecule has 0 aliphatic carbocycles. The van der Waals surface area contributed by atoms with E-state index in [2.05, 4.69) is 37.1 Å². The Labute approximate surface area is 133 Å². The normalized spacial score (nSPS) is 19.0. The molecule has 0 saturated carbocycles. The third-order valence-electron chi connectivity index (χ3n) is 4.72. The molecule has 2 aliphatic heterocycles. The van der Waals surface area contributed by atoms with Crippen LogP contribution >= 0.6 is 0 Å². The second kappa shape index (κ2) is 6.88. The van der Waals surface area contributed by atoms with E-state index in [0.29, 0.717) is 0 Å². The third kappa shape index (κ3) is 3.08. The summed E-state index contributed by atoms with van der Waals surface area (Å²) < 4.78 is 11.7. The van der Waals surface area contributed by atoms with Gasteiger partial charge in [0.1, 0.15) is 12.4 Å². The van der Waals surface area contributed by atoms with Crippen molar-refractivity contribution in [3.05, 3.63) is 22.8 Å². The van der Waals surface area contributed by atoms with Crippen LogP contribution in [0, 0.1) is 6.92 Å². The van der Waals surface area contributed by atoms with Gasteiger partial charge in [0.2, 0.25) is 0 Å². The van der Waals surface area contributed by atoms with Gasteiger partial charge in [-0.1, -0.05) is 0 Å². The Morgan fingerprint density at radius 2 is 2.18 bits per heavy atom. The largest absolute Gasteiger partial charge is 0.490 e. The molecule has 4 heteroatoms. The highest BCUT2D eigenvalue weighted by Gasteiger charge is 2.25. The van der Waals surface area contributed by atoms with Gasteiger partial charge in [0.05, 0.1) is 18.3 Å². The number of fused-ring (bicyclic) bond motifs is 2. The lowest BCUT2D eigenvalue weighted by Crippen LogP contribution is -2.39. The third-order valence-corrected chi connectivity index (χ3v) is 4.72. The number of ether oxygens (including phenoxy) is 2. The van der Waals surface area contributed by atoms with Crippen molar-refractivity contribution in [2.24, 2.45) is 0 Å². The predicted molar refractivity (Wildman–Crippen MR) is 90.3 cm³/mol. The Kier molecular flexibility index (Phi) is 4.89. The van der Waals surface area contributed by atoms with Gasteiger partial charge in [0.25, 0.3) is 0 Å². The van der Waals surface area contributed by atoms with Crippen molar-refractivity contribution in [1.29, 1.82) is 0 Å². The van der Waals surface area contributed by atoms with Gasteiger partial charge >= 0.3 is 0 Å². The second-order valence-corrected chi connectivity index (χ2v) is 6.30. The van der Waals surface area contributed by atoms with Gasteiger partial charge in [-0.25, -0.2) is 0 Å². The number of nitrogens with one attached hydrogen (secondary N) is 1. The lowest BCUT2D eigenvalue weighted by atomic mass is 9.94. The van der Waals surface area contributed by atoms with Crippen LogP contribution in [0.1, 0.15) is 30.5 Å². The van der Waals surface area contributed by atoms with E-state index >= 15 is 0 Å². The van der Waals surface area contributed by atoms with Gasteiger partial charge in [-0.15, -0.1) is 0 Å². The Hall–Kier alpha value is -1.26. The summed E-state index contributed by atoms with van der Waals surface area (Å²) in [5.41, 5.74) is 5.67. The van der Waals surface area contributed by atoms with Gasteiger partial charge in [0, 0.05) is 13.2 Å². The Bertz CT molecular complexity index is 530. The second-order valence-electron chi connectivity index (χ2n) is 6.30. The van der Waals surface area contributed by atoms with Crippen LogP contribution in [0.15, 0.2) is 6.07 Å². The summed E-state index contributed by atoms with van der Waals surface area (Å²) in [4.78, 5) is 2.45. The fraction of sp³-hybridized carbons (Fsp3) is 0.667. The van der Waals surface area contributed by atoms with Crippen LogP contribution in [0.25, 0.3) is 0 Å². The standard InChI is InChI=1S/C18H28N2O2/c1-4-21-13(2)12-20-9-10-22-17-11-15-5-7-19-8-6-16(15)14(3)18(17)20/h11,13,19H,4-10,12H2,1-3H3/t13-/m1/s1. The topological polar surface area (TPSA) is 33.7 Å². The molecule has 0 amide bonds. The smallest absolute Gasteiger partial charge is 0.143 e. The van der Waals surface area contributed by atoms with Gasteiger partial charge < -0.3 is 19.7 Å². The van der Waals surface area contributed by atoms with Crippen LogP contribution in [0.4, 0.5) is 5.69 Å². The molecule has 0 saturated heterocycles. The minimum absolute atomic E-state index is 0.246. The average molecular weight is 304 g/mol. The lowest BCUT2D eigenvalue weighted by Gasteiger charge is -2.35. The zero-order valence-corrected chi connectivity index (χ0v) is 14.1. The monoisotopic (exact) mass is 304 g/mol. The van der Waals surface area contributed by atoms with Crippen molar-refractivity contribution >= 4 is 5.69 Å². The number of rotatable bonds is 4. The summed E-state index contributed by atoms with van der Waals surface area (Å²) >= 11 is 0. The number of nitrogens with zero attached hydrogens (tertiary/aromatic N) is 1. The van der Waals surface area contributed by atoms with Crippen molar-refractivity contribution in [2.45, 2.75) is 39.7 Å². The molecule has 0 aromatic heterocycles. The lowest BCUT2D eigenvalue weighted by molar-refractivity contribution is 0.0798. The minimum atomic E-state index is 0.246. The van der Waals surface area contributed by atoms with Crippen molar-refractivity contribution < 1.29 is 9.47 Å². The van der Waals surface area contributed by atoms with E-state index in [1.165, 1.54) is 22.4 Å². The van der Waals surface area contributed by atoms with E-state index in [-0.39, 0.29) is 6.10 Å². The summed E-state index contributed by atoms with van der Waals surface area (Å²) in [5.74, 6) is 1.06. The molecule has 0 fully saturated rings. The van der Waals surface area contributed by atoms with Crippen molar-refractivity contribution in [2.75, 3.05) is 44.3 Å². The molecule has 4 nitrogen and oxygen atoms in total. The maximum atomic E-state index is 5.98. The zero-order valence-electron chi connectivity index (χ0n) is 14.1. The van der Waals surface area contributed by atoms with E-state index in [4.69, 9.17) is 9.47 Å². The van der Waals surface area contributed by atoms with Crippen molar-refractivity contribution in [1.82, 2.24) is 5.32 Å². The summed E-state index contributed by atoms with van der Waals surface area (Å²) in [5, 5.41) is 3.50. The molecule has 2 aliphatic rings. The van der Waals surface area contributed by atoms with E-state index in [1.807, 2.05) is 0 Å². The highest BCUT2D eigenvalue weighted by atomic mass is 16.5. The fourth-order valence-electron chi connectivity index (χ4n) is 3.73. The fourth-order valence-corrected chi connectivity index (χ4v) is 3.73. The predicted octanol–water partition coefficient (Wildman–Crippen LogP) is 2.31. The van der Waals surface area contributed by atoms with Crippen LogP contribution in [0.2, 0.25) is 0 Å².